The standard InChI is InChI=1S/C73H53BN6/c1-73(2,3)53-42-45-63-59(47-53)57-30-13-16-35-62(57)80(63)69-56(31-20-32-58(69)72-76-70(49-22-7-4-8-23-49)75-71(77-72)50-24-9-5-10-25-50)52-27-19-26-51(46-52)48-40-43-55(44-41-48)79-65-37-18-15-34-61(65)74-60-33-14-17-36-64(60)78(54-28-11-6-12-29-54)66-38-21-39-67(79)68(66)74/h4-47H,1-3H3. The maximum atomic E-state index is 5.35. The zero-order valence-electron chi connectivity index (χ0n) is 44.7. The molecule has 2 aliphatic heterocycles. The predicted octanol–water partition coefficient (Wildman–Crippen LogP) is 16.7. The van der Waals surface area contributed by atoms with Gasteiger partial charge in [-0.3, -0.25) is 0 Å². The number of nitrogens with zero attached hydrogens (tertiary/aromatic N) is 6. The molecule has 2 aromatic heterocycles. The van der Waals surface area contributed by atoms with E-state index >= 15 is 0 Å². The highest BCUT2D eigenvalue weighted by atomic mass is 15.2. The fourth-order valence-corrected chi connectivity index (χ4v) is 12.4. The van der Waals surface area contributed by atoms with Crippen LogP contribution >= 0.6 is 0 Å². The molecule has 15 rings (SSSR count). The fraction of sp³-hybridized carbons (Fsp3) is 0.0548. The van der Waals surface area contributed by atoms with E-state index in [2.05, 4.69) is 266 Å². The van der Waals surface area contributed by atoms with E-state index in [1.54, 1.807) is 0 Å². The van der Waals surface area contributed by atoms with E-state index in [4.69, 9.17) is 15.0 Å². The van der Waals surface area contributed by atoms with E-state index in [0.717, 1.165) is 67.0 Å². The number of rotatable bonds is 8. The smallest absolute Gasteiger partial charge is 0.252 e. The van der Waals surface area contributed by atoms with Crippen LogP contribution in [0.15, 0.2) is 267 Å². The molecule has 0 unspecified atom stereocenters. The molecule has 0 atom stereocenters. The summed E-state index contributed by atoms with van der Waals surface area (Å²) in [7, 11) is 0. The van der Waals surface area contributed by atoms with Gasteiger partial charge < -0.3 is 14.4 Å². The van der Waals surface area contributed by atoms with Gasteiger partial charge in [0.15, 0.2) is 17.5 Å². The summed E-state index contributed by atoms with van der Waals surface area (Å²) in [6.07, 6.45) is 0. The zero-order chi connectivity index (χ0) is 53.5. The van der Waals surface area contributed by atoms with Crippen molar-refractivity contribution in [2.24, 2.45) is 0 Å². The van der Waals surface area contributed by atoms with Crippen molar-refractivity contribution >= 4 is 79.0 Å². The Hall–Kier alpha value is -10.1. The van der Waals surface area contributed by atoms with E-state index in [0.29, 0.717) is 17.5 Å². The third kappa shape index (κ3) is 7.76. The summed E-state index contributed by atoms with van der Waals surface area (Å²) in [6, 6.07) is 96.4. The largest absolute Gasteiger partial charge is 0.311 e. The molecule has 11 aromatic carbocycles. The van der Waals surface area contributed by atoms with Gasteiger partial charge in [-0.15, -0.1) is 0 Å². The number of anilines is 6. The molecular weight excluding hydrogens is 972 g/mol. The van der Waals surface area contributed by atoms with Crippen LogP contribution in [-0.4, -0.2) is 26.2 Å². The van der Waals surface area contributed by atoms with Gasteiger partial charge in [-0.1, -0.05) is 209 Å². The van der Waals surface area contributed by atoms with Crippen LogP contribution in [0.4, 0.5) is 34.1 Å². The summed E-state index contributed by atoms with van der Waals surface area (Å²) in [4.78, 5) is 20.7. The van der Waals surface area contributed by atoms with Crippen molar-refractivity contribution in [3.63, 3.8) is 0 Å². The molecule has 0 bridgehead atoms. The molecule has 0 saturated carbocycles. The van der Waals surface area contributed by atoms with Crippen molar-refractivity contribution in [2.45, 2.75) is 26.2 Å². The molecular formula is C73H53BN6. The Morgan fingerprint density at radius 3 is 1.48 bits per heavy atom. The number of hydrogen-bond donors (Lipinski definition) is 0. The molecule has 0 fully saturated rings. The van der Waals surface area contributed by atoms with Crippen molar-refractivity contribution in [2.75, 3.05) is 9.80 Å². The first kappa shape index (κ1) is 47.1. The van der Waals surface area contributed by atoms with Crippen LogP contribution < -0.4 is 26.2 Å². The molecule has 2 aliphatic rings. The summed E-state index contributed by atoms with van der Waals surface area (Å²) in [5, 5.41) is 2.39. The first-order valence-electron chi connectivity index (χ1n) is 27.6. The maximum absolute atomic E-state index is 5.35. The molecule has 378 valence electrons. The molecule has 0 amide bonds. The number of para-hydroxylation sites is 5. The van der Waals surface area contributed by atoms with Gasteiger partial charge >= 0.3 is 0 Å². The third-order valence-corrected chi connectivity index (χ3v) is 16.2. The van der Waals surface area contributed by atoms with Crippen molar-refractivity contribution in [3.05, 3.63) is 272 Å². The summed E-state index contributed by atoms with van der Waals surface area (Å²) in [6.45, 7) is 6.93. The Morgan fingerprint density at radius 2 is 0.825 bits per heavy atom. The monoisotopic (exact) mass is 1020 g/mol. The minimum absolute atomic E-state index is 0.0363. The van der Waals surface area contributed by atoms with Crippen LogP contribution in [0.1, 0.15) is 26.3 Å². The van der Waals surface area contributed by atoms with E-state index < -0.39 is 0 Å². The molecule has 7 heteroatoms. The van der Waals surface area contributed by atoms with E-state index in [1.807, 2.05) is 36.4 Å². The maximum Gasteiger partial charge on any atom is 0.252 e. The van der Waals surface area contributed by atoms with E-state index in [1.165, 1.54) is 55.5 Å². The van der Waals surface area contributed by atoms with Gasteiger partial charge in [-0.05, 0) is 123 Å². The normalized spacial score (nSPS) is 12.6. The molecule has 0 N–H and O–H groups in total. The molecule has 0 radical (unpaired) electrons. The van der Waals surface area contributed by atoms with Crippen molar-refractivity contribution in [3.8, 4) is 62.1 Å². The van der Waals surface area contributed by atoms with Gasteiger partial charge in [0, 0.05) is 67.2 Å². The van der Waals surface area contributed by atoms with Crippen molar-refractivity contribution < 1.29 is 0 Å². The third-order valence-electron chi connectivity index (χ3n) is 16.2. The van der Waals surface area contributed by atoms with Crippen LogP contribution in [-0.2, 0) is 5.41 Å². The second kappa shape index (κ2) is 18.8. The lowest BCUT2D eigenvalue weighted by atomic mass is 9.33. The highest BCUT2D eigenvalue weighted by molar-refractivity contribution is 7.00. The van der Waals surface area contributed by atoms with Crippen LogP contribution in [0.3, 0.4) is 0 Å². The van der Waals surface area contributed by atoms with Crippen molar-refractivity contribution in [1.82, 2.24) is 19.5 Å². The molecule has 0 spiro atoms. The van der Waals surface area contributed by atoms with Gasteiger partial charge in [0.2, 0.25) is 0 Å². The molecule has 0 aliphatic carbocycles. The number of fused-ring (bicyclic) bond motifs is 7. The Balaban J connectivity index is 0.889. The van der Waals surface area contributed by atoms with Gasteiger partial charge in [-0.2, -0.15) is 0 Å². The Morgan fingerprint density at radius 1 is 0.338 bits per heavy atom. The Labute approximate surface area is 466 Å². The average Bonchev–Trinajstić information content (AvgIpc) is 3.97. The Bertz CT molecular complexity index is 4470. The van der Waals surface area contributed by atoms with Gasteiger partial charge in [0.1, 0.15) is 0 Å². The van der Waals surface area contributed by atoms with Crippen LogP contribution in [0, 0.1) is 0 Å². The molecule has 4 heterocycles. The number of aromatic nitrogens is 4. The molecule has 80 heavy (non-hydrogen) atoms. The van der Waals surface area contributed by atoms with Crippen LogP contribution in [0.5, 0.6) is 0 Å². The van der Waals surface area contributed by atoms with Crippen LogP contribution in [0.2, 0.25) is 0 Å². The van der Waals surface area contributed by atoms with Gasteiger partial charge in [0.25, 0.3) is 6.71 Å². The summed E-state index contributed by atoms with van der Waals surface area (Å²) in [5.74, 6) is 1.83. The lowest BCUT2D eigenvalue weighted by Crippen LogP contribution is -2.61. The molecule has 0 saturated heterocycles. The first-order chi connectivity index (χ1) is 39.3. The SMILES string of the molecule is CC(C)(C)c1ccc2c(c1)c1ccccc1n2-c1c(-c2cccc(-c3ccc(N4c5ccccc5B5c6ccccc6N(c6ccccc6)c6cccc4c65)cc3)c2)cccc1-c1nc(-c2ccccc2)nc(-c2ccccc2)n1. The molecule has 13 aromatic rings. The average molecular weight is 1030 g/mol. The quantitative estimate of drug-likeness (QED) is 0.142. The number of hydrogen-bond acceptors (Lipinski definition) is 5. The molecule has 6 nitrogen and oxygen atoms in total. The summed E-state index contributed by atoms with van der Waals surface area (Å²) < 4.78 is 2.44. The van der Waals surface area contributed by atoms with E-state index in [9.17, 15) is 0 Å². The fourth-order valence-electron chi connectivity index (χ4n) is 12.4. The lowest BCUT2D eigenvalue weighted by Gasteiger charge is -2.44. The minimum Gasteiger partial charge on any atom is -0.311 e. The highest BCUT2D eigenvalue weighted by Gasteiger charge is 2.42. The van der Waals surface area contributed by atoms with Gasteiger partial charge in [-0.25, -0.2) is 15.0 Å². The zero-order valence-corrected chi connectivity index (χ0v) is 44.7. The van der Waals surface area contributed by atoms with E-state index in [-0.39, 0.29) is 12.1 Å². The topological polar surface area (TPSA) is 50.1 Å². The van der Waals surface area contributed by atoms with Gasteiger partial charge in [0.05, 0.1) is 16.7 Å². The summed E-state index contributed by atoms with van der Waals surface area (Å²) in [5.41, 5.74) is 22.6. The lowest BCUT2D eigenvalue weighted by molar-refractivity contribution is 0.591. The van der Waals surface area contributed by atoms with Crippen molar-refractivity contribution in [1.29, 1.82) is 0 Å². The first-order valence-corrected chi connectivity index (χ1v) is 27.6. The second-order valence-electron chi connectivity index (χ2n) is 22.0. The second-order valence-corrected chi connectivity index (χ2v) is 22.0. The predicted molar refractivity (Wildman–Crippen MR) is 334 cm³/mol. The van der Waals surface area contributed by atoms with Crippen LogP contribution in [0.25, 0.3) is 83.9 Å². The summed E-state index contributed by atoms with van der Waals surface area (Å²) >= 11 is 0. The Kier molecular flexibility index (Phi) is 11.1. The highest BCUT2D eigenvalue weighted by Crippen LogP contribution is 2.46. The number of benzene rings is 11. The minimum atomic E-state index is -0.0363.